The second kappa shape index (κ2) is 8.24. The Morgan fingerprint density at radius 1 is 0.870 bits per heavy atom. The fraction of sp³-hybridized carbons (Fsp3) is 0.176. The Balaban J connectivity index is 1.69. The summed E-state index contributed by atoms with van der Waals surface area (Å²) in [6.07, 6.45) is 0.924. The molecule has 0 heterocycles. The lowest BCUT2D eigenvalue weighted by Crippen LogP contribution is -2.10. The molecule has 0 atom stereocenters. The first-order chi connectivity index (χ1) is 11.1. The summed E-state index contributed by atoms with van der Waals surface area (Å²) in [5.41, 5.74) is 12.3. The second-order valence-corrected chi connectivity index (χ2v) is 6.09. The van der Waals surface area contributed by atoms with Gasteiger partial charge in [0.15, 0.2) is 0 Å². The van der Waals surface area contributed by atoms with Crippen LogP contribution < -0.4 is 16.2 Å². The molecule has 6 N–H and O–H groups in total. The molecule has 0 unspecified atom stereocenters. The molecule has 0 saturated heterocycles. The van der Waals surface area contributed by atoms with Gasteiger partial charge in [-0.3, -0.25) is 10.8 Å². The van der Waals surface area contributed by atoms with E-state index in [0.29, 0.717) is 12.2 Å². The van der Waals surface area contributed by atoms with E-state index in [2.05, 4.69) is 0 Å². The quantitative estimate of drug-likeness (QED) is 0.258. The number of hydrogen-bond acceptors (Lipinski definition) is 4. The van der Waals surface area contributed by atoms with Gasteiger partial charge in [0.2, 0.25) is 0 Å². The molecule has 0 bridgehead atoms. The summed E-state index contributed by atoms with van der Waals surface area (Å²) in [7, 11) is 0. The van der Waals surface area contributed by atoms with Crippen LogP contribution in [0.15, 0.2) is 53.4 Å². The lowest BCUT2D eigenvalue weighted by Gasteiger charge is -2.07. The van der Waals surface area contributed by atoms with Crippen LogP contribution in [-0.4, -0.2) is 24.0 Å². The summed E-state index contributed by atoms with van der Waals surface area (Å²) in [5, 5.41) is 14.7. The van der Waals surface area contributed by atoms with Gasteiger partial charge < -0.3 is 16.2 Å². The van der Waals surface area contributed by atoms with E-state index in [1.807, 2.05) is 36.4 Å². The Kier molecular flexibility index (Phi) is 6.05. The van der Waals surface area contributed by atoms with Gasteiger partial charge >= 0.3 is 0 Å². The van der Waals surface area contributed by atoms with Crippen LogP contribution in [0.1, 0.15) is 17.5 Å². The smallest absolute Gasteiger partial charge is 0.122 e. The molecule has 23 heavy (non-hydrogen) atoms. The van der Waals surface area contributed by atoms with Crippen LogP contribution >= 0.6 is 11.8 Å². The molecular weight excluding hydrogens is 308 g/mol. The van der Waals surface area contributed by atoms with Crippen molar-refractivity contribution in [2.24, 2.45) is 11.5 Å². The van der Waals surface area contributed by atoms with E-state index in [-0.39, 0.29) is 11.7 Å². The van der Waals surface area contributed by atoms with Crippen molar-refractivity contribution in [2.45, 2.75) is 11.3 Å². The van der Waals surface area contributed by atoms with Crippen LogP contribution in [0.3, 0.4) is 0 Å². The first-order valence-corrected chi connectivity index (χ1v) is 8.19. The van der Waals surface area contributed by atoms with Crippen molar-refractivity contribution >= 4 is 23.4 Å². The van der Waals surface area contributed by atoms with Gasteiger partial charge in [-0.2, -0.15) is 0 Å². The van der Waals surface area contributed by atoms with Crippen molar-refractivity contribution in [3.63, 3.8) is 0 Å². The molecule has 0 amide bonds. The van der Waals surface area contributed by atoms with Gasteiger partial charge in [0, 0.05) is 21.8 Å². The zero-order chi connectivity index (χ0) is 16.7. The predicted molar refractivity (Wildman–Crippen MR) is 95.8 cm³/mol. The predicted octanol–water partition coefficient (Wildman–Crippen LogP) is 2.82. The summed E-state index contributed by atoms with van der Waals surface area (Å²) < 4.78 is 5.66. The lowest BCUT2D eigenvalue weighted by molar-refractivity contribution is 0.318. The van der Waals surface area contributed by atoms with Gasteiger partial charge in [0.25, 0.3) is 0 Å². The molecular formula is C17H20N4OS. The lowest BCUT2D eigenvalue weighted by atomic mass is 10.2. The molecule has 5 nitrogen and oxygen atoms in total. The Labute approximate surface area is 140 Å². The normalized spacial score (nSPS) is 10.3. The van der Waals surface area contributed by atoms with E-state index in [1.165, 1.54) is 0 Å². The number of ether oxygens (including phenoxy) is 1. The number of thioether (sulfide) groups is 1. The zero-order valence-electron chi connectivity index (χ0n) is 12.7. The number of hydrogen-bond donors (Lipinski definition) is 4. The minimum Gasteiger partial charge on any atom is -0.494 e. The van der Waals surface area contributed by atoms with E-state index in [1.54, 1.807) is 23.9 Å². The van der Waals surface area contributed by atoms with E-state index in [0.717, 1.165) is 28.4 Å². The van der Waals surface area contributed by atoms with Crippen LogP contribution in [-0.2, 0) is 0 Å². The fourth-order valence-electron chi connectivity index (χ4n) is 1.90. The van der Waals surface area contributed by atoms with Crippen molar-refractivity contribution in [1.29, 1.82) is 10.8 Å². The van der Waals surface area contributed by atoms with Crippen LogP contribution in [0.5, 0.6) is 5.75 Å². The molecule has 0 aromatic heterocycles. The monoisotopic (exact) mass is 328 g/mol. The molecule has 2 rings (SSSR count). The molecule has 0 aliphatic carbocycles. The summed E-state index contributed by atoms with van der Waals surface area (Å²) in [5.74, 6) is 1.88. The Bertz CT molecular complexity index is 608. The minimum absolute atomic E-state index is 0.0590. The highest BCUT2D eigenvalue weighted by Gasteiger charge is 2.00. The molecule has 0 aliphatic heterocycles. The van der Waals surface area contributed by atoms with E-state index < -0.39 is 0 Å². The standard InChI is InChI=1S/C17H20N4OS/c18-16(19)12-2-6-14(7-3-12)22-10-1-11-23-15-8-4-13(5-9-15)17(20)21/h2-9H,1,10-11H2,(H3,18,19)(H3,20,21). The highest BCUT2D eigenvalue weighted by Crippen LogP contribution is 2.19. The maximum Gasteiger partial charge on any atom is 0.122 e. The number of rotatable bonds is 8. The summed E-state index contributed by atoms with van der Waals surface area (Å²) in [6, 6.07) is 14.9. The first kappa shape index (κ1) is 16.9. The third-order valence-electron chi connectivity index (χ3n) is 3.16. The van der Waals surface area contributed by atoms with Crippen LogP contribution in [0.4, 0.5) is 0 Å². The van der Waals surface area contributed by atoms with E-state index in [9.17, 15) is 0 Å². The van der Waals surface area contributed by atoms with Crippen LogP contribution in [0.2, 0.25) is 0 Å². The minimum atomic E-state index is 0.0590. The Hall–Kier alpha value is -2.47. The SMILES string of the molecule is N=C(N)c1ccc(OCCCSc2ccc(C(=N)N)cc2)cc1. The van der Waals surface area contributed by atoms with E-state index in [4.69, 9.17) is 27.0 Å². The van der Waals surface area contributed by atoms with Crippen molar-refractivity contribution in [3.05, 3.63) is 59.7 Å². The molecule has 0 saturated carbocycles. The van der Waals surface area contributed by atoms with Crippen LogP contribution in [0.25, 0.3) is 0 Å². The largest absolute Gasteiger partial charge is 0.494 e. The second-order valence-electron chi connectivity index (χ2n) is 4.93. The maximum absolute atomic E-state index is 7.35. The van der Waals surface area contributed by atoms with Gasteiger partial charge in [-0.05, 0) is 42.8 Å². The van der Waals surface area contributed by atoms with Crippen molar-refractivity contribution in [3.8, 4) is 5.75 Å². The average Bonchev–Trinajstić information content (AvgIpc) is 2.55. The Morgan fingerprint density at radius 2 is 1.39 bits per heavy atom. The zero-order valence-corrected chi connectivity index (χ0v) is 13.5. The third kappa shape index (κ3) is 5.34. The maximum atomic E-state index is 7.35. The molecule has 120 valence electrons. The highest BCUT2D eigenvalue weighted by atomic mass is 32.2. The molecule has 2 aromatic rings. The van der Waals surface area contributed by atoms with Crippen LogP contribution in [0, 0.1) is 10.8 Å². The van der Waals surface area contributed by atoms with Crippen molar-refractivity contribution < 1.29 is 4.74 Å². The van der Waals surface area contributed by atoms with Gasteiger partial charge in [0.1, 0.15) is 17.4 Å². The molecule has 2 aromatic carbocycles. The number of nitrogens with two attached hydrogens (primary N) is 2. The summed E-state index contributed by atoms with van der Waals surface area (Å²) in [6.45, 7) is 0.637. The summed E-state index contributed by atoms with van der Waals surface area (Å²) >= 11 is 1.75. The van der Waals surface area contributed by atoms with E-state index >= 15 is 0 Å². The molecule has 0 aliphatic rings. The summed E-state index contributed by atoms with van der Waals surface area (Å²) in [4.78, 5) is 1.15. The van der Waals surface area contributed by atoms with Gasteiger partial charge in [-0.15, -0.1) is 11.8 Å². The number of benzene rings is 2. The number of nitrogen functional groups attached to an aromatic ring is 2. The van der Waals surface area contributed by atoms with Gasteiger partial charge in [-0.25, -0.2) is 0 Å². The Morgan fingerprint density at radius 3 is 1.91 bits per heavy atom. The number of nitrogens with one attached hydrogen (secondary N) is 2. The molecule has 6 heteroatoms. The number of amidine groups is 2. The first-order valence-electron chi connectivity index (χ1n) is 7.21. The average molecular weight is 328 g/mol. The fourth-order valence-corrected chi connectivity index (χ4v) is 2.73. The molecule has 0 radical (unpaired) electrons. The topological polar surface area (TPSA) is 109 Å². The molecule has 0 fully saturated rings. The third-order valence-corrected chi connectivity index (χ3v) is 4.26. The van der Waals surface area contributed by atoms with Gasteiger partial charge in [0.05, 0.1) is 6.61 Å². The molecule has 0 spiro atoms. The van der Waals surface area contributed by atoms with Crippen molar-refractivity contribution in [2.75, 3.05) is 12.4 Å². The van der Waals surface area contributed by atoms with Gasteiger partial charge in [-0.1, -0.05) is 12.1 Å². The highest BCUT2D eigenvalue weighted by molar-refractivity contribution is 7.99. The van der Waals surface area contributed by atoms with Crippen molar-refractivity contribution in [1.82, 2.24) is 0 Å².